The second kappa shape index (κ2) is 7.94. The van der Waals surface area contributed by atoms with Crippen LogP contribution in [0.3, 0.4) is 0 Å². The quantitative estimate of drug-likeness (QED) is 0.637. The van der Waals surface area contributed by atoms with Crippen molar-refractivity contribution in [3.8, 4) is 5.75 Å². The second-order valence-corrected chi connectivity index (χ2v) is 8.14. The Bertz CT molecular complexity index is 1250. The lowest BCUT2D eigenvalue weighted by Gasteiger charge is -2.38. The molecule has 174 valence electrons. The minimum absolute atomic E-state index is 0.0699. The van der Waals surface area contributed by atoms with Crippen LogP contribution in [0.4, 0.5) is 13.2 Å². The number of nitrogens with zero attached hydrogens (tertiary/aromatic N) is 2. The average molecular weight is 464 g/mol. The van der Waals surface area contributed by atoms with Crippen molar-refractivity contribution in [1.82, 2.24) is 15.2 Å². The van der Waals surface area contributed by atoms with Crippen molar-refractivity contribution in [3.63, 3.8) is 0 Å². The van der Waals surface area contributed by atoms with E-state index in [2.05, 4.69) is 15.8 Å². The number of nitrogens with one attached hydrogen (secondary N) is 2. The van der Waals surface area contributed by atoms with Gasteiger partial charge in [0.05, 0.1) is 11.8 Å². The molecule has 2 aliphatic heterocycles. The summed E-state index contributed by atoms with van der Waals surface area (Å²) in [6.45, 7) is 2.87. The van der Waals surface area contributed by atoms with E-state index in [4.69, 9.17) is 4.84 Å². The third-order valence-electron chi connectivity index (χ3n) is 5.72. The largest absolute Gasteiger partial charge is 0.503 e. The van der Waals surface area contributed by atoms with Crippen molar-refractivity contribution in [2.75, 3.05) is 6.54 Å². The molecule has 4 rings (SSSR count). The Balaban J connectivity index is 1.70. The number of carbonyl (C=O) groups excluding carboxylic acids is 2. The van der Waals surface area contributed by atoms with E-state index in [9.17, 15) is 32.7 Å². The van der Waals surface area contributed by atoms with Crippen LogP contribution in [0.25, 0.3) is 0 Å². The molecular weight excluding hydrogens is 445 g/mol. The molecule has 0 unspecified atom stereocenters. The summed E-state index contributed by atoms with van der Waals surface area (Å²) < 4.78 is 42.1. The lowest BCUT2D eigenvalue weighted by Crippen LogP contribution is -2.50. The number of oxime groups is 1. The molecule has 1 aromatic carbocycles. The highest BCUT2D eigenvalue weighted by Gasteiger charge is 2.46. The predicted octanol–water partition coefficient (Wildman–Crippen LogP) is 1.74. The van der Waals surface area contributed by atoms with Gasteiger partial charge in [-0.1, -0.05) is 5.16 Å². The smallest absolute Gasteiger partial charge is 0.272 e. The van der Waals surface area contributed by atoms with Gasteiger partial charge < -0.3 is 25.1 Å². The third-order valence-corrected chi connectivity index (χ3v) is 5.72. The number of pyridine rings is 1. The molecule has 0 radical (unpaired) electrons. The zero-order valence-corrected chi connectivity index (χ0v) is 17.5. The van der Waals surface area contributed by atoms with Gasteiger partial charge in [-0.15, -0.1) is 0 Å². The average Bonchev–Trinajstić information content (AvgIpc) is 3.08. The van der Waals surface area contributed by atoms with E-state index < -0.39 is 69.8 Å². The van der Waals surface area contributed by atoms with Gasteiger partial charge in [0.15, 0.2) is 17.0 Å². The van der Waals surface area contributed by atoms with E-state index >= 15 is 0 Å². The first kappa shape index (κ1) is 22.4. The van der Waals surface area contributed by atoms with Crippen LogP contribution in [0.1, 0.15) is 52.7 Å². The number of hydrogen-bond donors (Lipinski definition) is 3. The van der Waals surface area contributed by atoms with Gasteiger partial charge in [0.2, 0.25) is 5.43 Å². The van der Waals surface area contributed by atoms with Crippen molar-refractivity contribution in [1.29, 1.82) is 0 Å². The van der Waals surface area contributed by atoms with Gasteiger partial charge in [0, 0.05) is 43.4 Å². The van der Waals surface area contributed by atoms with Crippen molar-refractivity contribution in [2.24, 2.45) is 5.16 Å². The second-order valence-electron chi connectivity index (χ2n) is 8.14. The highest BCUT2D eigenvalue weighted by molar-refractivity contribution is 5.99. The fourth-order valence-corrected chi connectivity index (χ4v) is 4.07. The maximum absolute atomic E-state index is 13.9. The number of benzene rings is 1. The van der Waals surface area contributed by atoms with Gasteiger partial charge in [-0.05, 0) is 13.8 Å². The highest BCUT2D eigenvalue weighted by atomic mass is 19.1. The van der Waals surface area contributed by atoms with Crippen molar-refractivity contribution >= 4 is 17.5 Å². The minimum atomic E-state index is -1.21. The monoisotopic (exact) mass is 464 g/mol. The first-order valence-electron chi connectivity index (χ1n) is 9.91. The lowest BCUT2D eigenvalue weighted by atomic mass is 9.89. The Morgan fingerprint density at radius 1 is 1.33 bits per heavy atom. The van der Waals surface area contributed by atoms with Crippen LogP contribution in [0.2, 0.25) is 0 Å². The van der Waals surface area contributed by atoms with E-state index in [1.807, 2.05) is 0 Å². The SMILES string of the molecule is CC1=NO[C@](C)([C@H]2CNC(=O)c3c(O)c(=O)c(C(=O)NCc4c(F)cc(F)cc4F)cn32)C1. The number of carbonyl (C=O) groups is 2. The molecule has 12 heteroatoms. The molecule has 0 bridgehead atoms. The summed E-state index contributed by atoms with van der Waals surface area (Å²) >= 11 is 0. The van der Waals surface area contributed by atoms with Gasteiger partial charge in [-0.2, -0.15) is 0 Å². The highest BCUT2D eigenvalue weighted by Crippen LogP contribution is 2.37. The Kier molecular flexibility index (Phi) is 5.38. The van der Waals surface area contributed by atoms with Crippen molar-refractivity contribution in [3.05, 3.63) is 62.8 Å². The van der Waals surface area contributed by atoms with Gasteiger partial charge in [-0.3, -0.25) is 14.4 Å². The van der Waals surface area contributed by atoms with Crippen molar-refractivity contribution in [2.45, 2.75) is 38.5 Å². The van der Waals surface area contributed by atoms with Gasteiger partial charge in [-0.25, -0.2) is 13.2 Å². The number of hydrogen-bond acceptors (Lipinski definition) is 6. The third kappa shape index (κ3) is 3.81. The fourth-order valence-electron chi connectivity index (χ4n) is 4.07. The Hall–Kier alpha value is -3.83. The summed E-state index contributed by atoms with van der Waals surface area (Å²) in [6.07, 6.45) is 1.49. The molecule has 0 saturated carbocycles. The molecular formula is C21H19F3N4O5. The minimum Gasteiger partial charge on any atom is -0.503 e. The van der Waals surface area contributed by atoms with Gasteiger partial charge in [0.1, 0.15) is 23.0 Å². The van der Waals surface area contributed by atoms with E-state index in [0.717, 1.165) is 6.20 Å². The standard InChI is InChI=1S/C21H19F3N4O5/c1-9-5-21(2,33-27-9)15-7-26-20(32)16-18(30)17(29)12(8-28(15)16)19(31)25-6-11-13(23)3-10(22)4-14(11)24/h3-4,8,15,30H,5-7H2,1-2H3,(H,25,31)(H,26,32)/t15-,21+/m1/s1. The van der Waals surface area contributed by atoms with Crippen LogP contribution in [0, 0.1) is 17.5 Å². The summed E-state index contributed by atoms with van der Waals surface area (Å²) in [7, 11) is 0. The Morgan fingerprint density at radius 2 is 2.00 bits per heavy atom. The van der Waals surface area contributed by atoms with E-state index in [1.165, 1.54) is 4.57 Å². The molecule has 0 spiro atoms. The van der Waals surface area contributed by atoms with Crippen LogP contribution >= 0.6 is 0 Å². The summed E-state index contributed by atoms with van der Waals surface area (Å²) in [6, 6.07) is 0.274. The summed E-state index contributed by atoms with van der Waals surface area (Å²) in [5.74, 6) is -6.27. The topological polar surface area (TPSA) is 122 Å². The Morgan fingerprint density at radius 3 is 2.61 bits per heavy atom. The van der Waals surface area contributed by atoms with Crippen LogP contribution in [-0.4, -0.2) is 39.3 Å². The van der Waals surface area contributed by atoms with Crippen LogP contribution in [0.5, 0.6) is 5.75 Å². The number of aromatic hydroxyl groups is 1. The molecule has 33 heavy (non-hydrogen) atoms. The molecule has 0 saturated heterocycles. The number of fused-ring (bicyclic) bond motifs is 1. The summed E-state index contributed by atoms with van der Waals surface area (Å²) in [5.41, 5.74) is -2.90. The maximum atomic E-state index is 13.9. The number of aromatic nitrogens is 1. The Labute approximate surface area is 184 Å². The number of amides is 2. The van der Waals surface area contributed by atoms with Crippen LogP contribution < -0.4 is 16.1 Å². The van der Waals surface area contributed by atoms with E-state index in [-0.39, 0.29) is 12.2 Å². The van der Waals surface area contributed by atoms with E-state index in [0.29, 0.717) is 24.3 Å². The molecule has 3 heterocycles. The van der Waals surface area contributed by atoms with Gasteiger partial charge in [0.25, 0.3) is 11.8 Å². The molecule has 1 aromatic heterocycles. The lowest BCUT2D eigenvalue weighted by molar-refractivity contribution is -0.0459. The van der Waals surface area contributed by atoms with Crippen LogP contribution in [-0.2, 0) is 11.4 Å². The summed E-state index contributed by atoms with van der Waals surface area (Å²) in [4.78, 5) is 43.2. The molecule has 0 fully saturated rings. The zero-order chi connectivity index (χ0) is 24.1. The van der Waals surface area contributed by atoms with Crippen molar-refractivity contribution < 1.29 is 32.7 Å². The van der Waals surface area contributed by atoms with Crippen LogP contribution in [0.15, 0.2) is 28.3 Å². The molecule has 2 aliphatic rings. The van der Waals surface area contributed by atoms with Gasteiger partial charge >= 0.3 is 0 Å². The van der Waals surface area contributed by atoms with E-state index in [1.54, 1.807) is 13.8 Å². The predicted molar refractivity (Wildman–Crippen MR) is 108 cm³/mol. The molecule has 2 aromatic rings. The molecule has 2 atom stereocenters. The maximum Gasteiger partial charge on any atom is 0.272 e. The number of halogens is 3. The summed E-state index contributed by atoms with van der Waals surface area (Å²) in [5, 5.41) is 19.1. The number of rotatable bonds is 4. The normalized spacial score (nSPS) is 21.7. The zero-order valence-electron chi connectivity index (χ0n) is 17.5. The fraction of sp³-hybridized carbons (Fsp3) is 0.333. The molecule has 3 N–H and O–H groups in total. The molecule has 2 amide bonds. The first-order valence-corrected chi connectivity index (χ1v) is 9.91. The molecule has 9 nitrogen and oxygen atoms in total. The first-order chi connectivity index (χ1) is 15.5. The molecule has 0 aliphatic carbocycles.